The van der Waals surface area contributed by atoms with Crippen LogP contribution >= 0.6 is 15.9 Å². The van der Waals surface area contributed by atoms with Crippen molar-refractivity contribution in [1.82, 2.24) is 10.3 Å². The van der Waals surface area contributed by atoms with Crippen molar-refractivity contribution >= 4 is 44.3 Å². The number of halogens is 1. The number of carbonyl (C=O) groups is 2. The number of aromatic nitrogens is 1. The minimum absolute atomic E-state index is 0.117. The summed E-state index contributed by atoms with van der Waals surface area (Å²) in [5, 5.41) is 20.9. The number of hydrogen-bond acceptors (Lipinski definition) is 5. The van der Waals surface area contributed by atoms with Gasteiger partial charge in [-0.1, -0.05) is 12.1 Å². The molecule has 3 rings (SSSR count). The van der Waals surface area contributed by atoms with Crippen LogP contribution in [-0.2, 0) is 4.79 Å². The summed E-state index contributed by atoms with van der Waals surface area (Å²) in [6, 6.07) is 12.3. The number of methoxy groups -OCH3 is 1. The van der Waals surface area contributed by atoms with Gasteiger partial charge in [0.1, 0.15) is 5.75 Å². The highest BCUT2D eigenvalue weighted by Gasteiger charge is 2.12. The van der Waals surface area contributed by atoms with Crippen LogP contribution in [0.2, 0.25) is 0 Å². The molecule has 0 bridgehead atoms. The number of aromatic hydroxyl groups is 1. The van der Waals surface area contributed by atoms with Gasteiger partial charge in [0.2, 0.25) is 5.88 Å². The predicted octanol–water partition coefficient (Wildman–Crippen LogP) is 4.47. The fourth-order valence-corrected chi connectivity index (χ4v) is 3.17. The molecule has 0 aliphatic heterocycles. The number of aromatic amines is 1. The zero-order valence-corrected chi connectivity index (χ0v) is 17.2. The molecule has 2 aromatic carbocycles. The van der Waals surface area contributed by atoms with E-state index in [2.05, 4.69) is 36.5 Å². The van der Waals surface area contributed by atoms with E-state index in [9.17, 15) is 14.7 Å². The molecule has 8 nitrogen and oxygen atoms in total. The van der Waals surface area contributed by atoms with Gasteiger partial charge in [-0.3, -0.25) is 9.59 Å². The fraction of sp³-hybridized carbons (Fsp3) is 0.200. The largest absolute Gasteiger partial charge is 0.497 e. The Morgan fingerprint density at radius 2 is 2.03 bits per heavy atom. The lowest BCUT2D eigenvalue weighted by molar-refractivity contribution is -0.118. The zero-order valence-electron chi connectivity index (χ0n) is 15.6. The van der Waals surface area contributed by atoms with E-state index >= 15 is 0 Å². The van der Waals surface area contributed by atoms with Crippen molar-refractivity contribution < 1.29 is 19.4 Å². The molecule has 0 unspecified atom stereocenters. The molecule has 29 heavy (non-hydrogen) atoms. The van der Waals surface area contributed by atoms with Crippen molar-refractivity contribution in [3.8, 4) is 11.6 Å². The van der Waals surface area contributed by atoms with Gasteiger partial charge in [0.05, 0.1) is 18.2 Å². The van der Waals surface area contributed by atoms with Gasteiger partial charge in [-0.05, 0) is 52.7 Å². The molecule has 0 spiro atoms. The Labute approximate surface area is 175 Å². The second kappa shape index (κ2) is 9.33. The van der Waals surface area contributed by atoms with Crippen LogP contribution in [0.15, 0.2) is 57.2 Å². The van der Waals surface area contributed by atoms with E-state index in [-0.39, 0.29) is 23.9 Å². The Kier molecular flexibility index (Phi) is 6.61. The molecule has 150 valence electrons. The van der Waals surface area contributed by atoms with Gasteiger partial charge in [-0.25, -0.2) is 0 Å². The standard InChI is InChI=1S/C20H19BrN4O4/c1-29-12-8-9-16-14(11-12)18(20(28)23-16)25-24-17(26)7-4-10-22-19(27)13-5-2-3-6-15(13)21/h2-3,5-6,8-9,11,23,28H,4,7,10H2,1H3,(H,22,27). The van der Waals surface area contributed by atoms with Crippen molar-refractivity contribution in [3.05, 3.63) is 52.5 Å². The van der Waals surface area contributed by atoms with Crippen LogP contribution in [0, 0.1) is 0 Å². The van der Waals surface area contributed by atoms with Crippen LogP contribution < -0.4 is 10.1 Å². The highest BCUT2D eigenvalue weighted by atomic mass is 79.9. The number of azo groups is 1. The number of nitrogens with zero attached hydrogens (tertiary/aromatic N) is 2. The molecule has 0 aliphatic carbocycles. The normalized spacial score (nSPS) is 11.1. The maximum absolute atomic E-state index is 12.1. The summed E-state index contributed by atoms with van der Waals surface area (Å²) >= 11 is 3.33. The second-order valence-electron chi connectivity index (χ2n) is 6.17. The Morgan fingerprint density at radius 1 is 1.24 bits per heavy atom. The van der Waals surface area contributed by atoms with Crippen molar-refractivity contribution in [2.75, 3.05) is 13.7 Å². The maximum Gasteiger partial charge on any atom is 0.264 e. The van der Waals surface area contributed by atoms with Gasteiger partial charge in [-0.2, -0.15) is 0 Å². The van der Waals surface area contributed by atoms with Gasteiger partial charge in [-0.15, -0.1) is 10.2 Å². The first-order chi connectivity index (χ1) is 14.0. The number of rotatable bonds is 7. The number of hydrogen-bond donors (Lipinski definition) is 3. The first-order valence-electron chi connectivity index (χ1n) is 8.85. The summed E-state index contributed by atoms with van der Waals surface area (Å²) in [6.07, 6.45) is 0.536. The molecule has 0 saturated heterocycles. The van der Waals surface area contributed by atoms with Gasteiger partial charge in [0.25, 0.3) is 11.8 Å². The predicted molar refractivity (Wildman–Crippen MR) is 112 cm³/mol. The van der Waals surface area contributed by atoms with E-state index in [0.717, 1.165) is 0 Å². The molecule has 0 saturated carbocycles. The molecular formula is C20H19BrN4O4. The molecule has 1 heterocycles. The number of fused-ring (bicyclic) bond motifs is 1. The zero-order chi connectivity index (χ0) is 20.8. The highest BCUT2D eigenvalue weighted by Crippen LogP contribution is 2.37. The first-order valence-corrected chi connectivity index (χ1v) is 9.65. The third kappa shape index (κ3) is 5.00. The van der Waals surface area contributed by atoms with Crippen molar-refractivity contribution in [2.45, 2.75) is 12.8 Å². The quantitative estimate of drug-likeness (QED) is 0.357. The maximum atomic E-state index is 12.1. The molecule has 9 heteroatoms. The van der Waals surface area contributed by atoms with Crippen LogP contribution in [0.5, 0.6) is 11.6 Å². The number of carbonyl (C=O) groups excluding carboxylic acids is 2. The summed E-state index contributed by atoms with van der Waals surface area (Å²) in [7, 11) is 1.54. The lowest BCUT2D eigenvalue weighted by Crippen LogP contribution is -2.25. The third-order valence-corrected chi connectivity index (χ3v) is 4.88. The molecule has 2 amide bonds. The summed E-state index contributed by atoms with van der Waals surface area (Å²) < 4.78 is 5.87. The minimum Gasteiger partial charge on any atom is -0.497 e. The average Bonchev–Trinajstić information content (AvgIpc) is 3.03. The smallest absolute Gasteiger partial charge is 0.264 e. The van der Waals surface area contributed by atoms with E-state index in [4.69, 9.17) is 4.74 Å². The number of benzene rings is 2. The molecule has 3 N–H and O–H groups in total. The Hall–Kier alpha value is -3.20. The number of amides is 2. The van der Waals surface area contributed by atoms with E-state index in [1.54, 1.807) is 36.4 Å². The number of ether oxygens (including phenoxy) is 1. The first kappa shape index (κ1) is 20.5. The molecule has 0 atom stereocenters. The summed E-state index contributed by atoms with van der Waals surface area (Å²) in [5.74, 6) is -0.244. The van der Waals surface area contributed by atoms with Gasteiger partial charge >= 0.3 is 0 Å². The second-order valence-corrected chi connectivity index (χ2v) is 7.02. The lowest BCUT2D eigenvalue weighted by Gasteiger charge is -2.05. The number of H-pyrrole nitrogens is 1. The van der Waals surface area contributed by atoms with Gasteiger partial charge < -0.3 is 20.1 Å². The van der Waals surface area contributed by atoms with E-state index in [1.807, 2.05) is 6.07 Å². The topological polar surface area (TPSA) is 116 Å². The van der Waals surface area contributed by atoms with Crippen molar-refractivity contribution in [3.63, 3.8) is 0 Å². The molecule has 1 aromatic heterocycles. The average molecular weight is 459 g/mol. The van der Waals surface area contributed by atoms with Gasteiger partial charge in [0.15, 0.2) is 5.69 Å². The monoisotopic (exact) mass is 458 g/mol. The summed E-state index contributed by atoms with van der Waals surface area (Å²) in [6.45, 7) is 0.330. The highest BCUT2D eigenvalue weighted by molar-refractivity contribution is 9.10. The SMILES string of the molecule is COc1ccc2[nH]c(O)c(N=NC(=O)CCCNC(=O)c3ccccc3Br)c2c1. The summed E-state index contributed by atoms with van der Waals surface area (Å²) in [5.41, 5.74) is 1.36. The number of nitrogens with one attached hydrogen (secondary N) is 2. The molecular weight excluding hydrogens is 440 g/mol. The van der Waals surface area contributed by atoms with Crippen LogP contribution in [0.1, 0.15) is 23.2 Å². The minimum atomic E-state index is -0.447. The van der Waals surface area contributed by atoms with Crippen LogP contribution in [0.4, 0.5) is 5.69 Å². The van der Waals surface area contributed by atoms with E-state index in [0.29, 0.717) is 39.7 Å². The van der Waals surface area contributed by atoms with Crippen molar-refractivity contribution in [1.29, 1.82) is 0 Å². The van der Waals surface area contributed by atoms with Crippen LogP contribution in [0.3, 0.4) is 0 Å². The fourth-order valence-electron chi connectivity index (χ4n) is 2.71. The summed E-state index contributed by atoms with van der Waals surface area (Å²) in [4.78, 5) is 26.8. The van der Waals surface area contributed by atoms with E-state index < -0.39 is 5.91 Å². The molecule has 0 radical (unpaired) electrons. The molecule has 0 aliphatic rings. The molecule has 0 fully saturated rings. The Bertz CT molecular complexity index is 1080. The van der Waals surface area contributed by atoms with E-state index in [1.165, 1.54) is 7.11 Å². The Morgan fingerprint density at radius 3 is 2.79 bits per heavy atom. The molecule has 3 aromatic rings. The Balaban J connectivity index is 1.54. The van der Waals surface area contributed by atoms with Crippen LogP contribution in [0.25, 0.3) is 10.9 Å². The lowest BCUT2D eigenvalue weighted by atomic mass is 10.2. The van der Waals surface area contributed by atoms with Gasteiger partial charge in [0, 0.05) is 22.8 Å². The third-order valence-electron chi connectivity index (χ3n) is 4.19. The van der Waals surface area contributed by atoms with Crippen molar-refractivity contribution in [2.24, 2.45) is 10.2 Å². The van der Waals surface area contributed by atoms with Crippen LogP contribution in [-0.4, -0.2) is 35.6 Å².